The summed E-state index contributed by atoms with van der Waals surface area (Å²) in [6.07, 6.45) is 0. The highest BCUT2D eigenvalue weighted by molar-refractivity contribution is 5.95. The van der Waals surface area contributed by atoms with Crippen LogP contribution in [0.2, 0.25) is 0 Å². The van der Waals surface area contributed by atoms with E-state index in [4.69, 9.17) is 0 Å². The molecule has 6 nitrogen and oxygen atoms in total. The maximum Gasteiger partial charge on any atom is 0.259 e. The first-order valence-corrected chi connectivity index (χ1v) is 9.67. The van der Waals surface area contributed by atoms with Crippen molar-refractivity contribution < 1.29 is 13.6 Å². The average Bonchev–Trinajstić information content (AvgIpc) is 2.74. The number of hydrogen-bond acceptors (Lipinski definition) is 5. The van der Waals surface area contributed by atoms with Gasteiger partial charge in [-0.25, -0.2) is 13.8 Å². The first-order valence-electron chi connectivity index (χ1n) is 9.67. The number of amides is 1. The summed E-state index contributed by atoms with van der Waals surface area (Å²) in [6.45, 7) is 3.48. The summed E-state index contributed by atoms with van der Waals surface area (Å²) in [6, 6.07) is 15.0. The zero-order chi connectivity index (χ0) is 21.1. The predicted octanol–water partition coefficient (Wildman–Crippen LogP) is 3.77. The molecule has 0 radical (unpaired) electrons. The highest BCUT2D eigenvalue weighted by Gasteiger charge is 2.27. The lowest BCUT2D eigenvalue weighted by Crippen LogP contribution is -2.49. The van der Waals surface area contributed by atoms with Gasteiger partial charge in [-0.3, -0.25) is 4.79 Å². The molecule has 2 aromatic carbocycles. The third kappa shape index (κ3) is 4.22. The van der Waals surface area contributed by atoms with Crippen LogP contribution >= 0.6 is 0 Å². The van der Waals surface area contributed by atoms with Crippen molar-refractivity contribution >= 4 is 23.4 Å². The van der Waals surface area contributed by atoms with Crippen molar-refractivity contribution in [1.82, 2.24) is 14.9 Å². The molecule has 1 aliphatic rings. The number of halogens is 2. The number of para-hydroxylation sites is 1. The molecule has 1 amide bonds. The van der Waals surface area contributed by atoms with Gasteiger partial charge in [0.1, 0.15) is 23.0 Å². The van der Waals surface area contributed by atoms with Crippen LogP contribution in [0.4, 0.5) is 26.2 Å². The van der Waals surface area contributed by atoms with Crippen LogP contribution in [-0.2, 0) is 0 Å². The number of aryl methyl sites for hydroxylation is 1. The van der Waals surface area contributed by atoms with Crippen molar-refractivity contribution in [3.8, 4) is 0 Å². The van der Waals surface area contributed by atoms with E-state index in [1.165, 1.54) is 11.0 Å². The van der Waals surface area contributed by atoms with Crippen LogP contribution in [-0.4, -0.2) is 47.0 Å². The molecule has 154 valence electrons. The van der Waals surface area contributed by atoms with Gasteiger partial charge in [0.05, 0.1) is 0 Å². The number of hydrogen-bond donors (Lipinski definition) is 1. The van der Waals surface area contributed by atoms with E-state index in [0.717, 1.165) is 23.5 Å². The predicted molar refractivity (Wildman–Crippen MR) is 111 cm³/mol. The molecule has 8 heteroatoms. The number of nitrogens with one attached hydrogen (secondary N) is 1. The number of rotatable bonds is 4. The highest BCUT2D eigenvalue weighted by atomic mass is 19.1. The van der Waals surface area contributed by atoms with Crippen molar-refractivity contribution in [2.75, 3.05) is 36.4 Å². The molecule has 1 fully saturated rings. The number of nitrogens with zero attached hydrogens (tertiary/aromatic N) is 4. The van der Waals surface area contributed by atoms with Crippen molar-refractivity contribution in [2.45, 2.75) is 6.92 Å². The van der Waals surface area contributed by atoms with Gasteiger partial charge in [0, 0.05) is 43.6 Å². The summed E-state index contributed by atoms with van der Waals surface area (Å²) < 4.78 is 27.9. The molecule has 4 rings (SSSR count). The Balaban J connectivity index is 1.46. The zero-order valence-corrected chi connectivity index (χ0v) is 16.5. The fraction of sp³-hybridized carbons (Fsp3) is 0.227. The van der Waals surface area contributed by atoms with Crippen LogP contribution in [0, 0.1) is 18.6 Å². The molecule has 1 saturated heterocycles. The number of anilines is 3. The van der Waals surface area contributed by atoms with E-state index in [-0.39, 0.29) is 0 Å². The van der Waals surface area contributed by atoms with Crippen LogP contribution in [0.1, 0.15) is 16.1 Å². The second-order valence-corrected chi connectivity index (χ2v) is 7.06. The highest BCUT2D eigenvalue weighted by Crippen LogP contribution is 2.21. The normalized spacial score (nSPS) is 14.0. The van der Waals surface area contributed by atoms with E-state index in [1.54, 1.807) is 0 Å². The summed E-state index contributed by atoms with van der Waals surface area (Å²) in [5.41, 5.74) is 1.22. The first kappa shape index (κ1) is 19.8. The van der Waals surface area contributed by atoms with Gasteiger partial charge >= 0.3 is 0 Å². The van der Waals surface area contributed by atoms with Crippen molar-refractivity contribution in [3.63, 3.8) is 0 Å². The molecule has 0 aliphatic carbocycles. The van der Waals surface area contributed by atoms with Gasteiger partial charge in [0.15, 0.2) is 0 Å². The van der Waals surface area contributed by atoms with Gasteiger partial charge in [0.25, 0.3) is 5.91 Å². The Morgan fingerprint density at radius 1 is 0.933 bits per heavy atom. The number of piperazine rings is 1. The maximum absolute atomic E-state index is 13.9. The second kappa shape index (κ2) is 8.44. The topological polar surface area (TPSA) is 61.4 Å². The van der Waals surface area contributed by atoms with Crippen LogP contribution < -0.4 is 10.2 Å². The Morgan fingerprint density at radius 2 is 1.60 bits per heavy atom. The second-order valence-electron chi connectivity index (χ2n) is 7.06. The van der Waals surface area contributed by atoms with Gasteiger partial charge in [-0.05, 0) is 31.2 Å². The molecule has 0 spiro atoms. The lowest BCUT2D eigenvalue weighted by Gasteiger charge is -2.35. The largest absolute Gasteiger partial charge is 0.340 e. The van der Waals surface area contributed by atoms with Crippen molar-refractivity contribution in [2.24, 2.45) is 0 Å². The molecule has 1 N–H and O–H groups in total. The molecule has 1 aromatic heterocycles. The minimum atomic E-state index is -0.846. The maximum atomic E-state index is 13.9. The van der Waals surface area contributed by atoms with Gasteiger partial charge in [-0.2, -0.15) is 4.98 Å². The molecule has 1 aliphatic heterocycles. The van der Waals surface area contributed by atoms with Crippen LogP contribution in [0.3, 0.4) is 0 Å². The Bertz CT molecular complexity index is 1030. The van der Waals surface area contributed by atoms with Crippen LogP contribution in [0.15, 0.2) is 54.6 Å². The minimum Gasteiger partial charge on any atom is -0.340 e. The van der Waals surface area contributed by atoms with E-state index >= 15 is 0 Å². The molecule has 0 atom stereocenters. The van der Waals surface area contributed by atoms with Crippen LogP contribution in [0.5, 0.6) is 0 Å². The average molecular weight is 409 g/mol. The molecule has 0 unspecified atom stereocenters. The van der Waals surface area contributed by atoms with Crippen LogP contribution in [0.25, 0.3) is 0 Å². The molecule has 30 heavy (non-hydrogen) atoms. The smallest absolute Gasteiger partial charge is 0.259 e. The van der Waals surface area contributed by atoms with E-state index in [1.807, 2.05) is 48.2 Å². The standard InChI is InChI=1S/C22H21F2N5O/c1-15-14-19(26-16-6-3-2-4-7-16)27-22(25-15)29-12-10-28(11-13-29)21(30)20-17(23)8-5-9-18(20)24/h2-9,14H,10-13H2,1H3,(H,25,26,27). The molecule has 2 heterocycles. The Kier molecular flexibility index (Phi) is 5.56. The van der Waals surface area contributed by atoms with Gasteiger partial charge in [-0.15, -0.1) is 0 Å². The quantitative estimate of drug-likeness (QED) is 0.711. The lowest BCUT2D eigenvalue weighted by molar-refractivity contribution is 0.0736. The fourth-order valence-corrected chi connectivity index (χ4v) is 3.40. The third-order valence-electron chi connectivity index (χ3n) is 4.91. The summed E-state index contributed by atoms with van der Waals surface area (Å²) in [7, 11) is 0. The Morgan fingerprint density at radius 3 is 2.27 bits per heavy atom. The minimum absolute atomic E-state index is 0.325. The van der Waals surface area contributed by atoms with Crippen molar-refractivity contribution in [3.05, 3.63) is 77.5 Å². The third-order valence-corrected chi connectivity index (χ3v) is 4.91. The number of benzene rings is 2. The fourth-order valence-electron chi connectivity index (χ4n) is 3.40. The Hall–Kier alpha value is -3.55. The first-order chi connectivity index (χ1) is 14.5. The van der Waals surface area contributed by atoms with Gasteiger partial charge in [-0.1, -0.05) is 24.3 Å². The monoisotopic (exact) mass is 409 g/mol. The molecular weight excluding hydrogens is 388 g/mol. The van der Waals surface area contributed by atoms with Gasteiger partial charge < -0.3 is 15.1 Å². The van der Waals surface area contributed by atoms with E-state index in [9.17, 15) is 13.6 Å². The molecule has 0 bridgehead atoms. The summed E-state index contributed by atoms with van der Waals surface area (Å²) in [5, 5.41) is 3.26. The summed E-state index contributed by atoms with van der Waals surface area (Å²) in [5.74, 6) is -1.10. The number of aromatic nitrogens is 2. The SMILES string of the molecule is Cc1cc(Nc2ccccc2)nc(N2CCN(C(=O)c3c(F)cccc3F)CC2)n1. The zero-order valence-electron chi connectivity index (χ0n) is 16.5. The van der Waals surface area contributed by atoms with E-state index < -0.39 is 23.1 Å². The number of carbonyl (C=O) groups excluding carboxylic acids is 1. The number of carbonyl (C=O) groups is 1. The van der Waals surface area contributed by atoms with Crippen molar-refractivity contribution in [1.29, 1.82) is 0 Å². The molecular formula is C22H21F2N5O. The van der Waals surface area contributed by atoms with Gasteiger partial charge in [0.2, 0.25) is 5.95 Å². The Labute approximate surface area is 173 Å². The van der Waals surface area contributed by atoms with E-state index in [0.29, 0.717) is 37.9 Å². The molecule has 3 aromatic rings. The molecule has 0 saturated carbocycles. The summed E-state index contributed by atoms with van der Waals surface area (Å²) in [4.78, 5) is 25.1. The van der Waals surface area contributed by atoms with E-state index in [2.05, 4.69) is 15.3 Å². The summed E-state index contributed by atoms with van der Waals surface area (Å²) >= 11 is 0. The lowest BCUT2D eigenvalue weighted by atomic mass is 10.1.